The average Bonchev–Trinajstić information content (AvgIpc) is 3.09. The number of fused-ring (bicyclic) bond motifs is 1. The molecule has 0 bridgehead atoms. The zero-order chi connectivity index (χ0) is 21.7. The molecule has 0 aliphatic carbocycles. The van der Waals surface area contributed by atoms with Gasteiger partial charge in [0.05, 0.1) is 24.0 Å². The molecule has 0 fully saturated rings. The molecule has 2 aromatic rings. The highest BCUT2D eigenvalue weighted by Crippen LogP contribution is 2.25. The lowest BCUT2D eigenvalue weighted by molar-refractivity contribution is -0.144. The van der Waals surface area contributed by atoms with Crippen LogP contribution in [0.4, 0.5) is 13.2 Å². The van der Waals surface area contributed by atoms with Gasteiger partial charge in [-0.3, -0.25) is 9.59 Å². The summed E-state index contributed by atoms with van der Waals surface area (Å²) in [6.07, 6.45) is -4.58. The number of aromatic amines is 1. The molecule has 0 radical (unpaired) electrons. The van der Waals surface area contributed by atoms with Gasteiger partial charge in [0.25, 0.3) is 0 Å². The molecule has 2 rings (SSSR count). The summed E-state index contributed by atoms with van der Waals surface area (Å²) in [6.45, 7) is 6.29. The Morgan fingerprint density at radius 2 is 1.79 bits per heavy atom. The second-order valence-electron chi connectivity index (χ2n) is 7.38. The van der Waals surface area contributed by atoms with Gasteiger partial charge in [-0.2, -0.15) is 13.2 Å². The molecule has 0 saturated carbocycles. The third-order valence-corrected chi connectivity index (χ3v) is 5.25. The minimum Gasteiger partial charge on any atom is -0.352 e. The van der Waals surface area contributed by atoms with E-state index in [9.17, 15) is 22.8 Å². The van der Waals surface area contributed by atoms with Crippen molar-refractivity contribution in [1.82, 2.24) is 20.6 Å². The Kier molecular flexibility index (Phi) is 7.26. The van der Waals surface area contributed by atoms with E-state index in [0.717, 1.165) is 23.9 Å². The highest BCUT2D eigenvalue weighted by atomic mass is 19.4. The minimum absolute atomic E-state index is 0.0229. The number of benzene rings is 1. The van der Waals surface area contributed by atoms with Gasteiger partial charge in [-0.25, -0.2) is 4.98 Å². The van der Waals surface area contributed by atoms with Crippen LogP contribution in [0.25, 0.3) is 11.0 Å². The second kappa shape index (κ2) is 9.28. The standard InChI is InChI=1S/C20H27F3N4O2/c1-4-19(3,5-2)18(29)25-12-16-26-14-7-6-13(10-15(14)27-16)11-24-17(28)8-9-20(21,22)23/h6-7,10H,4-5,8-9,11-12H2,1-3H3,(H,24,28)(H,25,29)(H,26,27). The molecule has 0 aliphatic rings. The number of carbonyl (C=O) groups is 2. The SMILES string of the molecule is CCC(C)(CC)C(=O)NCc1nc2ccc(CNC(=O)CCC(F)(F)F)cc2[nH]1. The van der Waals surface area contributed by atoms with E-state index in [-0.39, 0.29) is 19.0 Å². The molecule has 0 spiro atoms. The molecule has 6 nitrogen and oxygen atoms in total. The van der Waals surface area contributed by atoms with Gasteiger partial charge in [0.1, 0.15) is 5.82 Å². The first-order valence-corrected chi connectivity index (χ1v) is 9.65. The van der Waals surface area contributed by atoms with Crippen LogP contribution < -0.4 is 10.6 Å². The number of hydrogen-bond donors (Lipinski definition) is 3. The molecule has 0 atom stereocenters. The summed E-state index contributed by atoms with van der Waals surface area (Å²) in [5, 5.41) is 5.38. The summed E-state index contributed by atoms with van der Waals surface area (Å²) in [7, 11) is 0. The lowest BCUT2D eigenvalue weighted by Crippen LogP contribution is -2.37. The summed E-state index contributed by atoms with van der Waals surface area (Å²) in [4.78, 5) is 31.5. The summed E-state index contributed by atoms with van der Waals surface area (Å²) in [6, 6.07) is 5.29. The van der Waals surface area contributed by atoms with Crippen LogP contribution >= 0.6 is 0 Å². The lowest BCUT2D eigenvalue weighted by Gasteiger charge is -2.24. The van der Waals surface area contributed by atoms with Crippen LogP contribution in [0.15, 0.2) is 18.2 Å². The maximum absolute atomic E-state index is 12.4. The number of carbonyl (C=O) groups excluding carboxylic acids is 2. The van der Waals surface area contributed by atoms with Crippen molar-refractivity contribution in [2.24, 2.45) is 5.41 Å². The van der Waals surface area contributed by atoms with Crippen molar-refractivity contribution in [2.75, 3.05) is 0 Å². The number of hydrogen-bond acceptors (Lipinski definition) is 3. The van der Waals surface area contributed by atoms with E-state index in [1.807, 2.05) is 20.8 Å². The van der Waals surface area contributed by atoms with E-state index >= 15 is 0 Å². The number of nitrogens with zero attached hydrogens (tertiary/aromatic N) is 1. The normalized spacial score (nSPS) is 12.2. The van der Waals surface area contributed by atoms with E-state index in [2.05, 4.69) is 20.6 Å². The number of aromatic nitrogens is 2. The molecule has 1 aromatic carbocycles. The van der Waals surface area contributed by atoms with Gasteiger partial charge in [0.2, 0.25) is 11.8 Å². The lowest BCUT2D eigenvalue weighted by atomic mass is 9.84. The Balaban J connectivity index is 1.94. The van der Waals surface area contributed by atoms with Crippen LogP contribution in [0.1, 0.15) is 57.8 Å². The van der Waals surface area contributed by atoms with Crippen LogP contribution in [-0.4, -0.2) is 28.0 Å². The van der Waals surface area contributed by atoms with Crippen molar-refractivity contribution in [2.45, 2.75) is 65.7 Å². The second-order valence-corrected chi connectivity index (χ2v) is 7.38. The molecule has 0 unspecified atom stereocenters. The fourth-order valence-electron chi connectivity index (χ4n) is 2.80. The first kappa shape index (κ1) is 22.7. The molecule has 29 heavy (non-hydrogen) atoms. The van der Waals surface area contributed by atoms with Crippen molar-refractivity contribution >= 4 is 22.8 Å². The Hall–Kier alpha value is -2.58. The maximum atomic E-state index is 12.4. The monoisotopic (exact) mass is 412 g/mol. The molecule has 2 amide bonds. The van der Waals surface area contributed by atoms with Crippen molar-refractivity contribution < 1.29 is 22.8 Å². The summed E-state index contributed by atoms with van der Waals surface area (Å²) >= 11 is 0. The smallest absolute Gasteiger partial charge is 0.352 e. The van der Waals surface area contributed by atoms with Crippen molar-refractivity contribution in [3.05, 3.63) is 29.6 Å². The number of halogens is 3. The third-order valence-electron chi connectivity index (χ3n) is 5.25. The molecule has 1 aromatic heterocycles. The topological polar surface area (TPSA) is 86.9 Å². The quantitative estimate of drug-likeness (QED) is 0.583. The Bertz CT molecular complexity index is 857. The summed E-state index contributed by atoms with van der Waals surface area (Å²) < 4.78 is 36.5. The largest absolute Gasteiger partial charge is 0.389 e. The van der Waals surface area contributed by atoms with Gasteiger partial charge >= 0.3 is 6.18 Å². The van der Waals surface area contributed by atoms with E-state index in [0.29, 0.717) is 11.3 Å². The molecule has 9 heteroatoms. The van der Waals surface area contributed by atoms with Crippen LogP contribution in [0.2, 0.25) is 0 Å². The van der Waals surface area contributed by atoms with Gasteiger partial charge in [-0.15, -0.1) is 0 Å². The number of nitrogens with one attached hydrogen (secondary N) is 3. The predicted molar refractivity (Wildman–Crippen MR) is 104 cm³/mol. The fraction of sp³-hybridized carbons (Fsp3) is 0.550. The Labute approximate surface area is 167 Å². The summed E-state index contributed by atoms with van der Waals surface area (Å²) in [5.41, 5.74) is 1.76. The summed E-state index contributed by atoms with van der Waals surface area (Å²) in [5.74, 6) is -0.0650. The van der Waals surface area contributed by atoms with E-state index in [1.165, 1.54) is 0 Å². The highest BCUT2D eigenvalue weighted by molar-refractivity contribution is 5.82. The molecule has 0 aliphatic heterocycles. The Morgan fingerprint density at radius 1 is 1.10 bits per heavy atom. The fourth-order valence-corrected chi connectivity index (χ4v) is 2.80. The zero-order valence-electron chi connectivity index (χ0n) is 16.9. The molecular weight excluding hydrogens is 385 g/mol. The van der Waals surface area contributed by atoms with Crippen LogP contribution in [-0.2, 0) is 22.7 Å². The zero-order valence-corrected chi connectivity index (χ0v) is 16.9. The number of alkyl halides is 3. The number of rotatable bonds is 9. The molecule has 1 heterocycles. The predicted octanol–water partition coefficient (Wildman–Crippen LogP) is 3.96. The van der Waals surface area contributed by atoms with Crippen molar-refractivity contribution in [3.8, 4) is 0 Å². The molecule has 3 N–H and O–H groups in total. The van der Waals surface area contributed by atoms with Crippen LogP contribution in [0.5, 0.6) is 0 Å². The first-order valence-electron chi connectivity index (χ1n) is 9.65. The number of amides is 2. The van der Waals surface area contributed by atoms with Gasteiger partial charge in [-0.05, 0) is 30.5 Å². The number of imidazole rings is 1. The first-order chi connectivity index (χ1) is 13.6. The van der Waals surface area contributed by atoms with Crippen LogP contribution in [0, 0.1) is 5.41 Å². The highest BCUT2D eigenvalue weighted by Gasteiger charge is 2.29. The van der Waals surface area contributed by atoms with Gasteiger partial charge < -0.3 is 15.6 Å². The maximum Gasteiger partial charge on any atom is 0.389 e. The minimum atomic E-state index is -4.34. The van der Waals surface area contributed by atoms with Crippen molar-refractivity contribution in [1.29, 1.82) is 0 Å². The molecule has 0 saturated heterocycles. The van der Waals surface area contributed by atoms with E-state index in [4.69, 9.17) is 0 Å². The Morgan fingerprint density at radius 3 is 2.41 bits per heavy atom. The van der Waals surface area contributed by atoms with Gasteiger partial charge in [0, 0.05) is 18.4 Å². The van der Waals surface area contributed by atoms with Gasteiger partial charge in [0.15, 0.2) is 0 Å². The average molecular weight is 412 g/mol. The van der Waals surface area contributed by atoms with Gasteiger partial charge in [-0.1, -0.05) is 26.8 Å². The third kappa shape index (κ3) is 6.47. The van der Waals surface area contributed by atoms with Crippen LogP contribution in [0.3, 0.4) is 0 Å². The van der Waals surface area contributed by atoms with E-state index in [1.54, 1.807) is 18.2 Å². The molecule has 160 valence electrons. The van der Waals surface area contributed by atoms with E-state index < -0.39 is 30.3 Å². The molecular formula is C20H27F3N4O2. The van der Waals surface area contributed by atoms with Crippen molar-refractivity contribution in [3.63, 3.8) is 0 Å². The number of H-pyrrole nitrogens is 1.